The maximum atomic E-state index is 10.8. The summed E-state index contributed by atoms with van der Waals surface area (Å²) >= 11 is 0. The van der Waals surface area contributed by atoms with Crippen LogP contribution in [-0.2, 0) is 5.41 Å². The first kappa shape index (κ1) is 12.8. The first-order valence-corrected chi connectivity index (χ1v) is 6.76. The first-order valence-electron chi connectivity index (χ1n) is 6.76. The zero-order valence-corrected chi connectivity index (χ0v) is 11.3. The highest BCUT2D eigenvalue weighted by molar-refractivity contribution is 5.88. The summed E-state index contributed by atoms with van der Waals surface area (Å²) in [5.41, 5.74) is 0.985. The molecule has 5 heteroatoms. The van der Waals surface area contributed by atoms with Crippen molar-refractivity contribution in [3.63, 3.8) is 0 Å². The van der Waals surface area contributed by atoms with Gasteiger partial charge in [-0.15, -0.1) is 10.2 Å². The molecule has 1 aromatic heterocycles. The number of nitrogens with zero attached hydrogens (tertiary/aromatic N) is 2. The normalized spacial score (nSPS) is 17.2. The Morgan fingerprint density at radius 2 is 1.85 bits per heavy atom. The summed E-state index contributed by atoms with van der Waals surface area (Å²) in [7, 11) is 0. The van der Waals surface area contributed by atoms with E-state index in [-0.39, 0.29) is 11.0 Å². The van der Waals surface area contributed by atoms with Crippen LogP contribution in [0.25, 0.3) is 11.5 Å². The predicted molar refractivity (Wildman–Crippen MR) is 72.5 cm³/mol. The number of aromatic nitrogens is 2. The van der Waals surface area contributed by atoms with Crippen molar-refractivity contribution in [2.45, 2.75) is 38.0 Å². The van der Waals surface area contributed by atoms with Gasteiger partial charge in [-0.3, -0.25) is 0 Å². The second kappa shape index (κ2) is 4.74. The van der Waals surface area contributed by atoms with Crippen LogP contribution in [0.1, 0.15) is 48.9 Å². The van der Waals surface area contributed by atoms with Crippen molar-refractivity contribution in [2.24, 2.45) is 0 Å². The standard InChI is InChI=1S/C15H16N2O3/c1-15(8-2-3-9-15)14-17-16-12(20-14)10-4-6-11(7-5-10)13(18)19/h4-7H,2-3,8-9H2,1H3,(H,18,19). The van der Waals surface area contributed by atoms with E-state index < -0.39 is 5.97 Å². The Kier molecular flexibility index (Phi) is 3.04. The molecule has 1 aliphatic rings. The Labute approximate surface area is 116 Å². The van der Waals surface area contributed by atoms with Gasteiger partial charge in [0.1, 0.15) is 0 Å². The van der Waals surface area contributed by atoms with Gasteiger partial charge in [-0.1, -0.05) is 19.8 Å². The molecule has 0 amide bonds. The monoisotopic (exact) mass is 272 g/mol. The van der Waals surface area contributed by atoms with Crippen LogP contribution in [0.5, 0.6) is 0 Å². The van der Waals surface area contributed by atoms with E-state index in [1.165, 1.54) is 12.8 Å². The fourth-order valence-corrected chi connectivity index (χ4v) is 2.71. The van der Waals surface area contributed by atoms with Crippen molar-refractivity contribution in [3.05, 3.63) is 35.7 Å². The summed E-state index contributed by atoms with van der Waals surface area (Å²) in [5, 5.41) is 17.1. The summed E-state index contributed by atoms with van der Waals surface area (Å²) in [6.45, 7) is 2.16. The predicted octanol–water partition coefficient (Wildman–Crippen LogP) is 3.27. The van der Waals surface area contributed by atoms with Crippen molar-refractivity contribution in [2.75, 3.05) is 0 Å². The maximum absolute atomic E-state index is 10.8. The molecular weight excluding hydrogens is 256 g/mol. The highest BCUT2D eigenvalue weighted by Gasteiger charge is 2.35. The third kappa shape index (κ3) is 2.19. The van der Waals surface area contributed by atoms with Crippen molar-refractivity contribution in [3.8, 4) is 11.5 Å². The summed E-state index contributed by atoms with van der Waals surface area (Å²) in [4.78, 5) is 10.8. The molecule has 1 fully saturated rings. The number of carboxylic acids is 1. The van der Waals surface area contributed by atoms with Crippen LogP contribution in [0.15, 0.2) is 28.7 Å². The molecule has 0 radical (unpaired) electrons. The molecule has 1 aromatic carbocycles. The molecule has 1 heterocycles. The van der Waals surface area contributed by atoms with Crippen LogP contribution >= 0.6 is 0 Å². The largest absolute Gasteiger partial charge is 0.478 e. The molecule has 104 valence electrons. The van der Waals surface area contributed by atoms with Gasteiger partial charge >= 0.3 is 5.97 Å². The topological polar surface area (TPSA) is 76.2 Å². The third-order valence-electron chi connectivity index (χ3n) is 4.03. The Balaban J connectivity index is 1.88. The van der Waals surface area contributed by atoms with Crippen molar-refractivity contribution < 1.29 is 14.3 Å². The van der Waals surface area contributed by atoms with Crippen molar-refractivity contribution >= 4 is 5.97 Å². The van der Waals surface area contributed by atoms with Crippen LogP contribution in [0.4, 0.5) is 0 Å². The average molecular weight is 272 g/mol. The lowest BCUT2D eigenvalue weighted by Crippen LogP contribution is -2.17. The second-order valence-corrected chi connectivity index (χ2v) is 5.56. The van der Waals surface area contributed by atoms with Gasteiger partial charge < -0.3 is 9.52 Å². The molecule has 3 rings (SSSR count). The van der Waals surface area contributed by atoms with E-state index in [2.05, 4.69) is 17.1 Å². The molecule has 0 spiro atoms. The van der Waals surface area contributed by atoms with Crippen molar-refractivity contribution in [1.29, 1.82) is 0 Å². The van der Waals surface area contributed by atoms with Gasteiger partial charge in [0.25, 0.3) is 0 Å². The second-order valence-electron chi connectivity index (χ2n) is 5.56. The van der Waals surface area contributed by atoms with E-state index in [1.807, 2.05) is 0 Å². The minimum atomic E-state index is -0.943. The summed E-state index contributed by atoms with van der Waals surface area (Å²) in [5.74, 6) is 0.193. The highest BCUT2D eigenvalue weighted by Crippen LogP contribution is 2.40. The summed E-state index contributed by atoms with van der Waals surface area (Å²) in [6.07, 6.45) is 4.54. The zero-order chi connectivity index (χ0) is 14.2. The number of aromatic carboxylic acids is 1. The van der Waals surface area contributed by atoms with Gasteiger partial charge in [0.15, 0.2) is 0 Å². The van der Waals surface area contributed by atoms with Crippen molar-refractivity contribution in [1.82, 2.24) is 10.2 Å². The van der Waals surface area contributed by atoms with E-state index in [0.29, 0.717) is 11.8 Å². The molecule has 0 unspecified atom stereocenters. The molecule has 5 nitrogen and oxygen atoms in total. The number of carbonyl (C=O) groups is 1. The lowest BCUT2D eigenvalue weighted by Gasteiger charge is -2.17. The fraction of sp³-hybridized carbons (Fsp3) is 0.400. The Morgan fingerprint density at radius 1 is 1.20 bits per heavy atom. The summed E-state index contributed by atoms with van der Waals surface area (Å²) in [6, 6.07) is 6.47. The number of hydrogen-bond donors (Lipinski definition) is 1. The van der Waals surface area contributed by atoms with Crippen LogP contribution in [-0.4, -0.2) is 21.3 Å². The molecule has 1 N–H and O–H groups in total. The van der Waals surface area contributed by atoms with Gasteiger partial charge in [0.2, 0.25) is 11.8 Å². The molecule has 0 aliphatic heterocycles. The maximum Gasteiger partial charge on any atom is 0.335 e. The van der Waals surface area contributed by atoms with Crippen LogP contribution in [0.3, 0.4) is 0 Å². The van der Waals surface area contributed by atoms with E-state index in [1.54, 1.807) is 24.3 Å². The quantitative estimate of drug-likeness (QED) is 0.928. The van der Waals surface area contributed by atoms with Gasteiger partial charge in [-0.2, -0.15) is 0 Å². The smallest absolute Gasteiger partial charge is 0.335 e. The van der Waals surface area contributed by atoms with E-state index in [0.717, 1.165) is 18.4 Å². The molecule has 0 atom stereocenters. The summed E-state index contributed by atoms with van der Waals surface area (Å²) < 4.78 is 5.79. The highest BCUT2D eigenvalue weighted by atomic mass is 16.4. The number of hydrogen-bond acceptors (Lipinski definition) is 4. The molecule has 0 bridgehead atoms. The van der Waals surface area contributed by atoms with E-state index in [9.17, 15) is 4.79 Å². The van der Waals surface area contributed by atoms with Crippen LogP contribution in [0.2, 0.25) is 0 Å². The molecule has 1 saturated carbocycles. The number of benzene rings is 1. The van der Waals surface area contributed by atoms with E-state index >= 15 is 0 Å². The van der Waals surface area contributed by atoms with Gasteiger partial charge in [0, 0.05) is 11.0 Å². The van der Waals surface area contributed by atoms with Gasteiger partial charge in [-0.25, -0.2) is 4.79 Å². The molecule has 0 saturated heterocycles. The van der Waals surface area contributed by atoms with Crippen LogP contribution < -0.4 is 0 Å². The zero-order valence-electron chi connectivity index (χ0n) is 11.3. The molecule has 1 aliphatic carbocycles. The molecule has 2 aromatic rings. The Morgan fingerprint density at radius 3 is 2.45 bits per heavy atom. The average Bonchev–Trinajstić information content (AvgIpc) is 3.08. The Bertz CT molecular complexity index is 625. The lowest BCUT2D eigenvalue weighted by atomic mass is 9.89. The lowest BCUT2D eigenvalue weighted by molar-refractivity contribution is 0.0697. The minimum absolute atomic E-state index is 0.00768. The fourth-order valence-electron chi connectivity index (χ4n) is 2.71. The number of carboxylic acid groups (broad SMARTS) is 1. The molecular formula is C15H16N2O3. The molecule has 20 heavy (non-hydrogen) atoms. The van der Waals surface area contributed by atoms with E-state index in [4.69, 9.17) is 9.52 Å². The minimum Gasteiger partial charge on any atom is -0.478 e. The third-order valence-corrected chi connectivity index (χ3v) is 4.03. The Hall–Kier alpha value is -2.17. The SMILES string of the molecule is CC1(c2nnc(-c3ccc(C(=O)O)cc3)o2)CCCC1. The van der Waals surface area contributed by atoms with Gasteiger partial charge in [-0.05, 0) is 37.1 Å². The number of rotatable bonds is 3. The van der Waals surface area contributed by atoms with Gasteiger partial charge in [0.05, 0.1) is 5.56 Å². The van der Waals surface area contributed by atoms with Crippen LogP contribution in [0, 0.1) is 0 Å². The first-order chi connectivity index (χ1) is 9.58.